The number of hydrogen-bond acceptors (Lipinski definition) is 4. The summed E-state index contributed by atoms with van der Waals surface area (Å²) >= 11 is 0. The first-order chi connectivity index (χ1) is 11.2. The Kier molecular flexibility index (Phi) is 4.71. The quantitative estimate of drug-likeness (QED) is 0.804. The average Bonchev–Trinajstić information content (AvgIpc) is 3.16. The van der Waals surface area contributed by atoms with E-state index in [0.717, 1.165) is 19.4 Å². The first-order valence-electron chi connectivity index (χ1n) is 8.00. The minimum Gasteiger partial charge on any atom is -0.376 e. The molecule has 2 aliphatic heterocycles. The van der Waals surface area contributed by atoms with Gasteiger partial charge in [-0.15, -0.1) is 0 Å². The van der Waals surface area contributed by atoms with Crippen LogP contribution in [0.1, 0.15) is 46.4 Å². The maximum atomic E-state index is 12.2. The summed E-state index contributed by atoms with van der Waals surface area (Å²) in [4.78, 5) is 37.4. The van der Waals surface area contributed by atoms with Crippen molar-refractivity contribution in [3.05, 3.63) is 35.4 Å². The van der Waals surface area contributed by atoms with E-state index < -0.39 is 0 Å². The Labute approximate surface area is 134 Å². The van der Waals surface area contributed by atoms with E-state index >= 15 is 0 Å². The summed E-state index contributed by atoms with van der Waals surface area (Å²) in [6.07, 6.45) is 2.90. The highest BCUT2D eigenvalue weighted by Gasteiger charge is 2.34. The zero-order valence-corrected chi connectivity index (χ0v) is 12.9. The van der Waals surface area contributed by atoms with Crippen molar-refractivity contribution < 1.29 is 19.1 Å². The molecule has 0 bridgehead atoms. The molecule has 1 aromatic carbocycles. The lowest BCUT2D eigenvalue weighted by Gasteiger charge is -2.14. The molecule has 1 atom stereocenters. The highest BCUT2D eigenvalue weighted by atomic mass is 16.5. The van der Waals surface area contributed by atoms with Crippen molar-refractivity contribution in [2.45, 2.75) is 31.8 Å². The third-order valence-corrected chi connectivity index (χ3v) is 4.21. The topological polar surface area (TPSA) is 75.7 Å². The van der Waals surface area contributed by atoms with Gasteiger partial charge in [-0.2, -0.15) is 0 Å². The Morgan fingerprint density at radius 2 is 1.91 bits per heavy atom. The number of benzene rings is 1. The Morgan fingerprint density at radius 3 is 2.52 bits per heavy atom. The maximum Gasteiger partial charge on any atom is 0.261 e. The van der Waals surface area contributed by atoms with Crippen molar-refractivity contribution >= 4 is 17.7 Å². The molecule has 1 saturated heterocycles. The molecular formula is C17H20N2O4. The lowest BCUT2D eigenvalue weighted by molar-refractivity contribution is -0.121. The summed E-state index contributed by atoms with van der Waals surface area (Å²) in [5, 5.41) is 2.84. The minimum absolute atomic E-state index is 0.0721. The second kappa shape index (κ2) is 6.91. The molecule has 6 nitrogen and oxygen atoms in total. The van der Waals surface area contributed by atoms with Crippen LogP contribution < -0.4 is 5.32 Å². The highest BCUT2D eigenvalue weighted by Crippen LogP contribution is 2.22. The second-order valence-electron chi connectivity index (χ2n) is 5.85. The van der Waals surface area contributed by atoms with Gasteiger partial charge in [-0.1, -0.05) is 12.1 Å². The lowest BCUT2D eigenvalue weighted by Crippen LogP contribution is -2.34. The molecule has 0 spiro atoms. The molecule has 0 aromatic heterocycles. The molecule has 0 radical (unpaired) electrons. The number of ether oxygens (including phenoxy) is 1. The van der Waals surface area contributed by atoms with Gasteiger partial charge in [-0.3, -0.25) is 19.3 Å². The van der Waals surface area contributed by atoms with Crippen LogP contribution in [0.2, 0.25) is 0 Å². The van der Waals surface area contributed by atoms with Gasteiger partial charge in [0.1, 0.15) is 0 Å². The van der Waals surface area contributed by atoms with Crippen LogP contribution in [0.5, 0.6) is 0 Å². The van der Waals surface area contributed by atoms with E-state index in [4.69, 9.17) is 4.74 Å². The van der Waals surface area contributed by atoms with Crippen LogP contribution in [0, 0.1) is 0 Å². The fourth-order valence-corrected chi connectivity index (χ4v) is 2.96. The van der Waals surface area contributed by atoms with Gasteiger partial charge in [0.2, 0.25) is 5.91 Å². The molecule has 2 heterocycles. The minimum atomic E-state index is -0.273. The SMILES string of the molecule is O=C(CCCN1C(=O)c2ccccc2C1=O)NC[C@H]1CCCO1. The van der Waals surface area contributed by atoms with Crippen molar-refractivity contribution in [2.75, 3.05) is 19.7 Å². The van der Waals surface area contributed by atoms with Crippen LogP contribution in [-0.4, -0.2) is 48.4 Å². The standard InChI is InChI=1S/C17H20N2O4/c20-15(18-11-12-5-4-10-23-12)8-3-9-19-16(21)13-6-1-2-7-14(13)17(19)22/h1-2,6-7,12H,3-5,8-11H2,(H,18,20)/t12-/m1/s1. The van der Waals surface area contributed by atoms with Crippen LogP contribution in [0.25, 0.3) is 0 Å². The van der Waals surface area contributed by atoms with E-state index in [0.29, 0.717) is 30.5 Å². The van der Waals surface area contributed by atoms with E-state index in [1.807, 2.05) is 0 Å². The largest absolute Gasteiger partial charge is 0.376 e. The zero-order chi connectivity index (χ0) is 16.2. The van der Waals surface area contributed by atoms with E-state index in [2.05, 4.69) is 5.32 Å². The van der Waals surface area contributed by atoms with Crippen molar-refractivity contribution in [3.63, 3.8) is 0 Å². The van der Waals surface area contributed by atoms with Crippen LogP contribution in [0.15, 0.2) is 24.3 Å². The van der Waals surface area contributed by atoms with Crippen molar-refractivity contribution in [2.24, 2.45) is 0 Å². The molecule has 3 amide bonds. The normalized spacial score (nSPS) is 20.0. The third kappa shape index (κ3) is 3.42. The van der Waals surface area contributed by atoms with E-state index in [1.54, 1.807) is 24.3 Å². The molecular weight excluding hydrogens is 296 g/mol. The number of fused-ring (bicyclic) bond motifs is 1. The van der Waals surface area contributed by atoms with Gasteiger partial charge < -0.3 is 10.1 Å². The van der Waals surface area contributed by atoms with E-state index in [9.17, 15) is 14.4 Å². The molecule has 1 aromatic rings. The predicted molar refractivity (Wildman–Crippen MR) is 83.0 cm³/mol. The molecule has 0 unspecified atom stereocenters. The number of hydrogen-bond donors (Lipinski definition) is 1. The smallest absolute Gasteiger partial charge is 0.261 e. The van der Waals surface area contributed by atoms with Crippen LogP contribution in [0.3, 0.4) is 0 Å². The van der Waals surface area contributed by atoms with Crippen molar-refractivity contribution in [1.29, 1.82) is 0 Å². The fraction of sp³-hybridized carbons (Fsp3) is 0.471. The van der Waals surface area contributed by atoms with Gasteiger partial charge in [-0.05, 0) is 31.4 Å². The Hall–Kier alpha value is -2.21. The number of carbonyl (C=O) groups excluding carboxylic acids is 3. The fourth-order valence-electron chi connectivity index (χ4n) is 2.96. The van der Waals surface area contributed by atoms with Gasteiger partial charge in [0.25, 0.3) is 11.8 Å². The Bertz CT molecular complexity index is 588. The molecule has 0 saturated carbocycles. The number of imide groups is 1. The summed E-state index contributed by atoms with van der Waals surface area (Å²) in [6, 6.07) is 6.80. The highest BCUT2D eigenvalue weighted by molar-refractivity contribution is 6.21. The number of nitrogens with one attached hydrogen (secondary N) is 1. The summed E-state index contributed by atoms with van der Waals surface area (Å²) in [5.41, 5.74) is 0.890. The number of nitrogens with zero attached hydrogens (tertiary/aromatic N) is 1. The molecule has 0 aliphatic carbocycles. The van der Waals surface area contributed by atoms with Gasteiger partial charge in [0.15, 0.2) is 0 Å². The molecule has 2 aliphatic rings. The first-order valence-corrected chi connectivity index (χ1v) is 8.00. The van der Waals surface area contributed by atoms with Gasteiger partial charge >= 0.3 is 0 Å². The first kappa shape index (κ1) is 15.7. The Balaban J connectivity index is 1.43. The van der Waals surface area contributed by atoms with Gasteiger partial charge in [0.05, 0.1) is 17.2 Å². The van der Waals surface area contributed by atoms with Crippen molar-refractivity contribution in [1.82, 2.24) is 10.2 Å². The molecule has 1 N–H and O–H groups in total. The van der Waals surface area contributed by atoms with Gasteiger partial charge in [0, 0.05) is 26.1 Å². The predicted octanol–water partition coefficient (Wildman–Crippen LogP) is 1.36. The van der Waals surface area contributed by atoms with E-state index in [1.165, 1.54) is 4.90 Å². The number of carbonyl (C=O) groups is 3. The van der Waals surface area contributed by atoms with Crippen LogP contribution >= 0.6 is 0 Å². The maximum absolute atomic E-state index is 12.2. The summed E-state index contributed by atoms with van der Waals surface area (Å²) in [7, 11) is 0. The molecule has 3 rings (SSSR count). The molecule has 1 fully saturated rings. The zero-order valence-electron chi connectivity index (χ0n) is 12.9. The Morgan fingerprint density at radius 1 is 1.22 bits per heavy atom. The summed E-state index contributed by atoms with van der Waals surface area (Å²) < 4.78 is 5.44. The van der Waals surface area contributed by atoms with Gasteiger partial charge in [-0.25, -0.2) is 0 Å². The molecule has 6 heteroatoms. The van der Waals surface area contributed by atoms with Crippen LogP contribution in [-0.2, 0) is 9.53 Å². The summed E-state index contributed by atoms with van der Waals surface area (Å²) in [6.45, 7) is 1.56. The lowest BCUT2D eigenvalue weighted by atomic mass is 10.1. The molecule has 23 heavy (non-hydrogen) atoms. The molecule has 122 valence electrons. The second-order valence-corrected chi connectivity index (χ2v) is 5.85. The number of rotatable bonds is 6. The van der Waals surface area contributed by atoms with E-state index in [-0.39, 0.29) is 30.4 Å². The number of amides is 3. The summed E-state index contributed by atoms with van der Waals surface area (Å²) in [5.74, 6) is -0.618. The third-order valence-electron chi connectivity index (χ3n) is 4.21. The van der Waals surface area contributed by atoms with Crippen LogP contribution in [0.4, 0.5) is 0 Å². The average molecular weight is 316 g/mol. The van der Waals surface area contributed by atoms with Crippen molar-refractivity contribution in [3.8, 4) is 0 Å². The monoisotopic (exact) mass is 316 g/mol.